The maximum absolute atomic E-state index is 10.5. The molecule has 0 atom stereocenters. The Labute approximate surface area is 202 Å². The lowest BCUT2D eigenvalue weighted by molar-refractivity contribution is 0.371. The Balaban J connectivity index is 1.82. The van der Waals surface area contributed by atoms with Crippen LogP contribution >= 0.6 is 11.3 Å². The van der Waals surface area contributed by atoms with Crippen molar-refractivity contribution in [3.05, 3.63) is 69.4 Å². The number of nitrogens with zero attached hydrogens (tertiary/aromatic N) is 1. The van der Waals surface area contributed by atoms with E-state index in [0.29, 0.717) is 17.3 Å². The Hall–Kier alpha value is -3.95. The number of hydrogen-bond acceptors (Lipinski definition) is 6. The fourth-order valence-corrected chi connectivity index (χ4v) is 5.59. The van der Waals surface area contributed by atoms with Gasteiger partial charge in [0.2, 0.25) is 0 Å². The first-order valence-electron chi connectivity index (χ1n) is 10.9. The molecule has 2 aromatic carbocycles. The van der Waals surface area contributed by atoms with E-state index in [-0.39, 0.29) is 11.3 Å². The van der Waals surface area contributed by atoms with E-state index in [1.165, 1.54) is 6.08 Å². The molecule has 0 saturated carbocycles. The van der Waals surface area contributed by atoms with Crippen LogP contribution in [-0.2, 0) is 0 Å². The number of hydrogen-bond donors (Lipinski definition) is 2. The van der Waals surface area contributed by atoms with Crippen LogP contribution in [0.3, 0.4) is 0 Å². The maximum atomic E-state index is 10.5. The summed E-state index contributed by atoms with van der Waals surface area (Å²) in [5.74, 6) is 1.77. The molecule has 0 radical (unpaired) electrons. The standard InChI is InChI=1S/C28H24N2O3S/c1-16-15-28(2,3)30-19-8-7-18-25(24(16)19)22(14-23-17(6-5-12-29)11-13-34-23)33-21-10-9-20(31)27(32-4)26(18)21/h5-11,13-15,30-31H,1-4H3. The summed E-state index contributed by atoms with van der Waals surface area (Å²) in [7, 11) is 1.55. The van der Waals surface area contributed by atoms with Crippen molar-refractivity contribution in [1.82, 2.24) is 0 Å². The fraction of sp³-hybridized carbons (Fsp3) is 0.179. The minimum Gasteiger partial charge on any atom is -0.504 e. The van der Waals surface area contributed by atoms with E-state index < -0.39 is 0 Å². The van der Waals surface area contributed by atoms with Crippen LogP contribution in [0.4, 0.5) is 5.69 Å². The largest absolute Gasteiger partial charge is 0.504 e. The number of nitriles is 1. The summed E-state index contributed by atoms with van der Waals surface area (Å²) in [6, 6.07) is 11.5. The van der Waals surface area contributed by atoms with Crippen LogP contribution in [0.15, 0.2) is 47.9 Å². The highest BCUT2D eigenvalue weighted by molar-refractivity contribution is 7.11. The summed E-state index contributed by atoms with van der Waals surface area (Å²) in [6.07, 6.45) is 7.52. The molecule has 0 saturated heterocycles. The second-order valence-electron chi connectivity index (χ2n) is 8.89. The molecule has 0 spiro atoms. The van der Waals surface area contributed by atoms with E-state index in [9.17, 15) is 5.11 Å². The molecule has 3 aromatic rings. The van der Waals surface area contributed by atoms with Crippen LogP contribution in [0.1, 0.15) is 42.3 Å². The van der Waals surface area contributed by atoms with E-state index >= 15 is 0 Å². The van der Waals surface area contributed by atoms with Crippen molar-refractivity contribution in [3.63, 3.8) is 0 Å². The van der Waals surface area contributed by atoms with Crippen molar-refractivity contribution in [2.45, 2.75) is 26.3 Å². The number of nitrogens with one attached hydrogen (secondary N) is 1. The number of benzene rings is 2. The van der Waals surface area contributed by atoms with Crippen LogP contribution in [-0.4, -0.2) is 17.8 Å². The SMILES string of the molecule is COc1c(O)ccc2c1-c1ccc3c(c1C(=Cc1sccc1C=CC#N)O2)C(C)=CC(C)(C)N3. The predicted molar refractivity (Wildman–Crippen MR) is 139 cm³/mol. The van der Waals surface area contributed by atoms with E-state index in [4.69, 9.17) is 14.7 Å². The molecule has 0 fully saturated rings. The Morgan fingerprint density at radius 3 is 2.74 bits per heavy atom. The number of thiophene rings is 1. The number of fused-ring (bicyclic) bond motifs is 5. The van der Waals surface area contributed by atoms with Crippen molar-refractivity contribution >= 4 is 40.5 Å². The molecule has 2 aliphatic rings. The van der Waals surface area contributed by atoms with Gasteiger partial charge in [-0.3, -0.25) is 0 Å². The van der Waals surface area contributed by atoms with Gasteiger partial charge < -0.3 is 19.9 Å². The lowest BCUT2D eigenvalue weighted by atomic mass is 9.83. The van der Waals surface area contributed by atoms with Crippen molar-refractivity contribution in [1.29, 1.82) is 5.26 Å². The van der Waals surface area contributed by atoms with Crippen molar-refractivity contribution < 1.29 is 14.6 Å². The van der Waals surface area contributed by atoms with Gasteiger partial charge in [-0.15, -0.1) is 11.3 Å². The van der Waals surface area contributed by atoms with Gasteiger partial charge in [-0.1, -0.05) is 12.1 Å². The number of rotatable bonds is 3. The second kappa shape index (κ2) is 8.12. The van der Waals surface area contributed by atoms with Gasteiger partial charge in [-0.05, 0) is 73.7 Å². The van der Waals surface area contributed by atoms with E-state index in [0.717, 1.165) is 44.0 Å². The van der Waals surface area contributed by atoms with E-state index in [2.05, 4.69) is 50.4 Å². The molecule has 5 nitrogen and oxygen atoms in total. The lowest BCUT2D eigenvalue weighted by Crippen LogP contribution is -2.32. The third-order valence-corrected chi connectivity index (χ3v) is 6.88. The number of ether oxygens (including phenoxy) is 2. The molecule has 0 aliphatic carbocycles. The monoisotopic (exact) mass is 468 g/mol. The highest BCUT2D eigenvalue weighted by Gasteiger charge is 2.33. The van der Waals surface area contributed by atoms with Crippen LogP contribution < -0.4 is 14.8 Å². The second-order valence-corrected chi connectivity index (χ2v) is 9.84. The highest BCUT2D eigenvalue weighted by Crippen LogP contribution is 2.54. The molecular weight excluding hydrogens is 444 g/mol. The fourth-order valence-electron chi connectivity index (χ4n) is 4.78. The van der Waals surface area contributed by atoms with Gasteiger partial charge in [0.15, 0.2) is 11.5 Å². The van der Waals surface area contributed by atoms with E-state index in [1.807, 2.05) is 17.5 Å². The van der Waals surface area contributed by atoms with E-state index in [1.54, 1.807) is 36.7 Å². The molecule has 2 N–H and O–H groups in total. The van der Waals surface area contributed by atoms with Gasteiger partial charge in [-0.25, -0.2) is 0 Å². The Kier molecular flexibility index (Phi) is 5.22. The molecule has 1 aromatic heterocycles. The van der Waals surface area contributed by atoms with Crippen molar-refractivity contribution in [2.24, 2.45) is 0 Å². The zero-order valence-electron chi connectivity index (χ0n) is 19.4. The van der Waals surface area contributed by atoms with Gasteiger partial charge >= 0.3 is 0 Å². The number of aromatic hydroxyl groups is 1. The summed E-state index contributed by atoms with van der Waals surface area (Å²) in [5, 5.41) is 25.1. The molecule has 34 heavy (non-hydrogen) atoms. The quantitative estimate of drug-likeness (QED) is 0.399. The van der Waals surface area contributed by atoms with Gasteiger partial charge in [0, 0.05) is 33.3 Å². The van der Waals surface area contributed by atoms with Crippen LogP contribution in [0, 0.1) is 11.3 Å². The number of allylic oxidation sites excluding steroid dienone is 2. The van der Waals surface area contributed by atoms with Crippen LogP contribution in [0.25, 0.3) is 34.6 Å². The zero-order valence-corrected chi connectivity index (χ0v) is 20.2. The Morgan fingerprint density at radius 1 is 1.15 bits per heavy atom. The average Bonchev–Trinajstić information content (AvgIpc) is 3.23. The molecule has 2 aliphatic heterocycles. The van der Waals surface area contributed by atoms with Gasteiger partial charge in [-0.2, -0.15) is 5.26 Å². The first kappa shape index (κ1) is 21.9. The average molecular weight is 469 g/mol. The summed E-state index contributed by atoms with van der Waals surface area (Å²) >= 11 is 1.59. The topological polar surface area (TPSA) is 74.5 Å². The summed E-state index contributed by atoms with van der Waals surface area (Å²) in [5.41, 5.74) is 6.60. The van der Waals surface area contributed by atoms with Gasteiger partial charge in [0.25, 0.3) is 0 Å². The minimum absolute atomic E-state index is 0.0645. The zero-order chi connectivity index (χ0) is 24.0. The molecule has 0 bridgehead atoms. The Morgan fingerprint density at radius 2 is 1.97 bits per heavy atom. The highest BCUT2D eigenvalue weighted by atomic mass is 32.1. The van der Waals surface area contributed by atoms with Crippen molar-refractivity contribution in [2.75, 3.05) is 12.4 Å². The Bertz CT molecular complexity index is 1450. The number of phenolic OH excluding ortho intramolecular Hbond substituents is 1. The smallest absolute Gasteiger partial charge is 0.172 e. The first-order valence-corrected chi connectivity index (χ1v) is 11.8. The maximum Gasteiger partial charge on any atom is 0.172 e. The summed E-state index contributed by atoms with van der Waals surface area (Å²) in [4.78, 5) is 0.991. The minimum atomic E-state index is -0.179. The summed E-state index contributed by atoms with van der Waals surface area (Å²) in [6.45, 7) is 6.39. The number of phenols is 1. The molecule has 0 amide bonds. The molecule has 6 heteroatoms. The van der Waals surface area contributed by atoms with Crippen molar-refractivity contribution in [3.8, 4) is 34.4 Å². The molecule has 5 rings (SSSR count). The normalized spacial score (nSPS) is 16.6. The van der Waals surface area contributed by atoms with Gasteiger partial charge in [0.05, 0.1) is 24.3 Å². The first-order chi connectivity index (χ1) is 16.3. The van der Waals surface area contributed by atoms with Crippen LogP contribution in [0.5, 0.6) is 17.2 Å². The molecule has 0 unspecified atom stereocenters. The molecule has 170 valence electrons. The van der Waals surface area contributed by atoms with Gasteiger partial charge in [0.1, 0.15) is 11.5 Å². The number of anilines is 1. The lowest BCUT2D eigenvalue weighted by Gasteiger charge is -2.35. The third-order valence-electron chi connectivity index (χ3n) is 6.00. The third kappa shape index (κ3) is 3.55. The summed E-state index contributed by atoms with van der Waals surface area (Å²) < 4.78 is 12.1. The number of methoxy groups -OCH3 is 1. The molecule has 3 heterocycles. The predicted octanol–water partition coefficient (Wildman–Crippen LogP) is 7.16. The molecular formula is C28H24N2O3S. The van der Waals surface area contributed by atoms with Crippen LogP contribution in [0.2, 0.25) is 0 Å².